The van der Waals surface area contributed by atoms with E-state index < -0.39 is 0 Å². The highest BCUT2D eigenvalue weighted by Crippen LogP contribution is 2.39. The van der Waals surface area contributed by atoms with Crippen LogP contribution in [-0.2, 0) is 6.42 Å². The molecule has 6 heteroatoms. The number of hydrogen-bond donors (Lipinski definition) is 0. The van der Waals surface area contributed by atoms with Gasteiger partial charge < -0.3 is 0 Å². The Morgan fingerprint density at radius 2 is 1.91 bits per heavy atom. The summed E-state index contributed by atoms with van der Waals surface area (Å²) in [4.78, 5) is 5.69. The fourth-order valence-electron chi connectivity index (χ4n) is 2.32. The van der Waals surface area contributed by atoms with Gasteiger partial charge in [0, 0.05) is 34.1 Å². The summed E-state index contributed by atoms with van der Waals surface area (Å²) in [5.41, 5.74) is 3.29. The fourth-order valence-corrected chi connectivity index (χ4v) is 2.96. The standard InChI is InChI=1S/C16H12Cl2N4/c1-2-4-12-13(17)9-14(18)15(11-5-3-6-19-10-11)16(12)22-20-7-8-21-22/h2-3,5-10H,1,4H2. The van der Waals surface area contributed by atoms with Gasteiger partial charge in [0.25, 0.3) is 0 Å². The van der Waals surface area contributed by atoms with Gasteiger partial charge in [-0.25, -0.2) is 0 Å². The molecule has 0 aliphatic rings. The molecule has 4 nitrogen and oxygen atoms in total. The van der Waals surface area contributed by atoms with Crippen LogP contribution in [0, 0.1) is 0 Å². The molecule has 0 spiro atoms. The van der Waals surface area contributed by atoms with Crippen LogP contribution >= 0.6 is 23.2 Å². The minimum atomic E-state index is 0.526. The SMILES string of the molecule is C=CCc1c(Cl)cc(Cl)c(-c2cccnc2)c1-n1nccn1. The first-order chi connectivity index (χ1) is 10.7. The van der Waals surface area contributed by atoms with Crippen LogP contribution in [-0.4, -0.2) is 20.0 Å². The summed E-state index contributed by atoms with van der Waals surface area (Å²) in [6.45, 7) is 3.79. The van der Waals surface area contributed by atoms with Gasteiger partial charge in [0.15, 0.2) is 0 Å². The molecule has 22 heavy (non-hydrogen) atoms. The Balaban J connectivity index is 2.37. The molecule has 0 aliphatic heterocycles. The van der Waals surface area contributed by atoms with Crippen LogP contribution in [0.4, 0.5) is 0 Å². The van der Waals surface area contributed by atoms with E-state index in [2.05, 4.69) is 21.8 Å². The molecular formula is C16H12Cl2N4. The lowest BCUT2D eigenvalue weighted by Gasteiger charge is -2.16. The lowest BCUT2D eigenvalue weighted by Crippen LogP contribution is -2.07. The maximum Gasteiger partial charge on any atom is 0.1000 e. The summed E-state index contributed by atoms with van der Waals surface area (Å²) in [5.74, 6) is 0. The highest BCUT2D eigenvalue weighted by molar-refractivity contribution is 6.37. The summed E-state index contributed by atoms with van der Waals surface area (Å²) in [6.07, 6.45) is 9.05. The zero-order valence-electron chi connectivity index (χ0n) is 11.6. The molecule has 0 saturated carbocycles. The normalized spacial score (nSPS) is 10.6. The summed E-state index contributed by atoms with van der Waals surface area (Å²) in [5, 5.41) is 9.55. The monoisotopic (exact) mass is 330 g/mol. The third kappa shape index (κ3) is 2.63. The minimum Gasteiger partial charge on any atom is -0.264 e. The minimum absolute atomic E-state index is 0.526. The van der Waals surface area contributed by atoms with E-state index in [1.807, 2.05) is 12.1 Å². The van der Waals surface area contributed by atoms with Crippen molar-refractivity contribution in [3.05, 3.63) is 71.3 Å². The Labute approximate surface area is 138 Å². The van der Waals surface area contributed by atoms with E-state index in [1.165, 1.54) is 4.80 Å². The molecule has 3 aromatic rings. The van der Waals surface area contributed by atoms with Crippen LogP contribution in [0.3, 0.4) is 0 Å². The van der Waals surface area contributed by atoms with Crippen molar-refractivity contribution in [2.24, 2.45) is 0 Å². The van der Waals surface area contributed by atoms with Gasteiger partial charge in [-0.2, -0.15) is 15.0 Å². The van der Waals surface area contributed by atoms with Gasteiger partial charge in [0.1, 0.15) is 0 Å². The number of pyridine rings is 1. The maximum atomic E-state index is 6.45. The molecule has 0 N–H and O–H groups in total. The summed E-state index contributed by atoms with van der Waals surface area (Å²) in [7, 11) is 0. The van der Waals surface area contributed by atoms with E-state index in [1.54, 1.807) is 36.9 Å². The molecule has 2 heterocycles. The number of benzene rings is 1. The molecule has 0 aliphatic carbocycles. The van der Waals surface area contributed by atoms with Crippen LogP contribution in [0.1, 0.15) is 5.56 Å². The molecule has 0 amide bonds. The lowest BCUT2D eigenvalue weighted by molar-refractivity contribution is 0.746. The number of halogens is 2. The second kappa shape index (κ2) is 6.30. The van der Waals surface area contributed by atoms with Gasteiger partial charge in [-0.15, -0.1) is 6.58 Å². The van der Waals surface area contributed by atoms with Crippen LogP contribution in [0.2, 0.25) is 10.0 Å². The van der Waals surface area contributed by atoms with E-state index in [0.29, 0.717) is 16.5 Å². The summed E-state index contributed by atoms with van der Waals surface area (Å²) < 4.78 is 0. The van der Waals surface area contributed by atoms with Gasteiger partial charge in [-0.05, 0) is 18.6 Å². The third-order valence-corrected chi connectivity index (χ3v) is 3.86. The smallest absolute Gasteiger partial charge is 0.1000 e. The van der Waals surface area contributed by atoms with Crippen LogP contribution in [0.25, 0.3) is 16.8 Å². The zero-order valence-corrected chi connectivity index (χ0v) is 13.1. The fraction of sp³-hybridized carbons (Fsp3) is 0.0625. The molecule has 0 fully saturated rings. The molecule has 0 atom stereocenters. The number of hydrogen-bond acceptors (Lipinski definition) is 3. The van der Waals surface area contributed by atoms with Crippen molar-refractivity contribution in [2.45, 2.75) is 6.42 Å². The van der Waals surface area contributed by atoms with Crippen LogP contribution in [0.5, 0.6) is 0 Å². The predicted octanol–water partition coefficient (Wildman–Crippen LogP) is 4.36. The molecule has 0 radical (unpaired) electrons. The molecule has 2 aromatic heterocycles. The van der Waals surface area contributed by atoms with Gasteiger partial charge >= 0.3 is 0 Å². The highest BCUT2D eigenvalue weighted by Gasteiger charge is 2.20. The Kier molecular flexibility index (Phi) is 4.22. The molecular weight excluding hydrogens is 319 g/mol. The number of nitrogens with zero attached hydrogens (tertiary/aromatic N) is 4. The molecule has 0 saturated heterocycles. The Hall–Kier alpha value is -2.17. The highest BCUT2D eigenvalue weighted by atomic mass is 35.5. The molecule has 0 unspecified atom stereocenters. The van der Waals surface area contributed by atoms with Gasteiger partial charge in [0.2, 0.25) is 0 Å². The van der Waals surface area contributed by atoms with E-state index in [0.717, 1.165) is 22.4 Å². The largest absolute Gasteiger partial charge is 0.264 e. The average molecular weight is 331 g/mol. The van der Waals surface area contributed by atoms with Gasteiger partial charge in [-0.1, -0.05) is 35.3 Å². The first-order valence-electron chi connectivity index (χ1n) is 6.61. The van der Waals surface area contributed by atoms with Crippen molar-refractivity contribution in [1.82, 2.24) is 20.0 Å². The molecule has 3 rings (SSSR count). The Bertz CT molecular complexity index is 799. The first-order valence-corrected chi connectivity index (χ1v) is 7.37. The van der Waals surface area contributed by atoms with Crippen molar-refractivity contribution >= 4 is 23.2 Å². The van der Waals surface area contributed by atoms with E-state index in [-0.39, 0.29) is 0 Å². The molecule has 1 aromatic carbocycles. The quantitative estimate of drug-likeness (QED) is 0.667. The van der Waals surface area contributed by atoms with Crippen LogP contribution in [0.15, 0.2) is 55.6 Å². The number of aromatic nitrogens is 4. The maximum absolute atomic E-state index is 6.45. The van der Waals surface area contributed by atoms with Gasteiger partial charge in [0.05, 0.1) is 23.1 Å². The Morgan fingerprint density at radius 1 is 1.14 bits per heavy atom. The van der Waals surface area contributed by atoms with Crippen molar-refractivity contribution in [3.8, 4) is 16.8 Å². The number of allylic oxidation sites excluding steroid dienone is 1. The van der Waals surface area contributed by atoms with Crippen molar-refractivity contribution in [1.29, 1.82) is 0 Å². The predicted molar refractivity (Wildman–Crippen MR) is 88.5 cm³/mol. The van der Waals surface area contributed by atoms with E-state index in [9.17, 15) is 0 Å². The second-order valence-electron chi connectivity index (χ2n) is 4.60. The van der Waals surface area contributed by atoms with E-state index >= 15 is 0 Å². The van der Waals surface area contributed by atoms with Crippen molar-refractivity contribution in [2.75, 3.05) is 0 Å². The van der Waals surface area contributed by atoms with Crippen LogP contribution < -0.4 is 0 Å². The Morgan fingerprint density at radius 3 is 2.55 bits per heavy atom. The van der Waals surface area contributed by atoms with E-state index in [4.69, 9.17) is 23.2 Å². The summed E-state index contributed by atoms with van der Waals surface area (Å²) >= 11 is 12.8. The lowest BCUT2D eigenvalue weighted by atomic mass is 9.99. The number of rotatable bonds is 4. The topological polar surface area (TPSA) is 43.6 Å². The van der Waals surface area contributed by atoms with Crippen molar-refractivity contribution < 1.29 is 0 Å². The van der Waals surface area contributed by atoms with Crippen molar-refractivity contribution in [3.63, 3.8) is 0 Å². The zero-order chi connectivity index (χ0) is 15.5. The third-order valence-electron chi connectivity index (χ3n) is 3.22. The summed E-state index contributed by atoms with van der Waals surface area (Å²) in [6, 6.07) is 5.53. The van der Waals surface area contributed by atoms with Gasteiger partial charge in [-0.3, -0.25) is 4.98 Å². The molecule has 0 bridgehead atoms. The second-order valence-corrected chi connectivity index (χ2v) is 5.41. The average Bonchev–Trinajstić information content (AvgIpc) is 3.04. The first kappa shape index (κ1) is 14.8. The molecule has 110 valence electrons.